The van der Waals surface area contributed by atoms with Crippen LogP contribution in [0.15, 0.2) is 35.5 Å². The molecule has 0 saturated carbocycles. The van der Waals surface area contributed by atoms with E-state index in [2.05, 4.69) is 10.6 Å². The molecular formula is C20H24N2O7. The van der Waals surface area contributed by atoms with Crippen LogP contribution >= 0.6 is 0 Å². The van der Waals surface area contributed by atoms with Gasteiger partial charge in [-0.1, -0.05) is 0 Å². The summed E-state index contributed by atoms with van der Waals surface area (Å²) >= 11 is 0. The second kappa shape index (κ2) is 10.2. The van der Waals surface area contributed by atoms with Gasteiger partial charge in [0.25, 0.3) is 0 Å². The van der Waals surface area contributed by atoms with E-state index < -0.39 is 24.0 Å². The van der Waals surface area contributed by atoms with Crippen LogP contribution in [0.2, 0.25) is 0 Å². The maximum atomic E-state index is 12.2. The van der Waals surface area contributed by atoms with Gasteiger partial charge in [-0.15, -0.1) is 0 Å². The average Bonchev–Trinajstić information content (AvgIpc) is 2.70. The van der Waals surface area contributed by atoms with Crippen LogP contribution in [-0.4, -0.2) is 51.4 Å². The van der Waals surface area contributed by atoms with Crippen LogP contribution in [-0.2, 0) is 19.1 Å². The van der Waals surface area contributed by atoms with Gasteiger partial charge in [0.15, 0.2) is 0 Å². The zero-order valence-electron chi connectivity index (χ0n) is 16.7. The van der Waals surface area contributed by atoms with Gasteiger partial charge < -0.3 is 29.6 Å². The first-order valence-corrected chi connectivity index (χ1v) is 8.94. The number of hydrogen-bond donors (Lipinski definition) is 2. The number of nitrogens with one attached hydrogen (secondary N) is 2. The van der Waals surface area contributed by atoms with Crippen molar-refractivity contribution in [1.82, 2.24) is 10.6 Å². The highest BCUT2D eigenvalue weighted by Gasteiger charge is 2.30. The number of benzene rings is 1. The number of hydrogen-bond acceptors (Lipinski definition) is 7. The van der Waals surface area contributed by atoms with Gasteiger partial charge in [0.1, 0.15) is 18.1 Å². The second-order valence-corrected chi connectivity index (χ2v) is 5.98. The molecule has 0 aromatic heterocycles. The second-order valence-electron chi connectivity index (χ2n) is 5.98. The third kappa shape index (κ3) is 5.74. The molecule has 9 nitrogen and oxygen atoms in total. The molecule has 0 saturated heterocycles. The van der Waals surface area contributed by atoms with Crippen molar-refractivity contribution in [1.29, 1.82) is 0 Å². The summed E-state index contributed by atoms with van der Waals surface area (Å²) < 4.78 is 20.6. The Balaban J connectivity index is 2.10. The number of esters is 2. The number of methoxy groups -OCH3 is 2. The Morgan fingerprint density at radius 2 is 1.93 bits per heavy atom. The number of carbonyl (C=O) groups excluding carboxylic acids is 3. The van der Waals surface area contributed by atoms with Crippen LogP contribution in [0.3, 0.4) is 0 Å². The van der Waals surface area contributed by atoms with Crippen LogP contribution in [0.4, 0.5) is 4.79 Å². The van der Waals surface area contributed by atoms with E-state index in [9.17, 15) is 14.4 Å². The van der Waals surface area contributed by atoms with Gasteiger partial charge in [-0.2, -0.15) is 0 Å². The van der Waals surface area contributed by atoms with Gasteiger partial charge in [0.2, 0.25) is 0 Å². The maximum absolute atomic E-state index is 12.2. The highest BCUT2D eigenvalue weighted by atomic mass is 16.5. The van der Waals surface area contributed by atoms with Crippen molar-refractivity contribution in [3.63, 3.8) is 0 Å². The normalized spacial score (nSPS) is 16.1. The molecule has 0 aliphatic carbocycles. The SMILES string of the molecule is CCOC(=O)C1=C(COC(=O)/C=C/c2ccc(OC)cc2OC)NC(=O)NC1C. The minimum absolute atomic E-state index is 0.183. The summed E-state index contributed by atoms with van der Waals surface area (Å²) in [7, 11) is 3.05. The topological polar surface area (TPSA) is 112 Å². The van der Waals surface area contributed by atoms with E-state index in [-0.39, 0.29) is 24.5 Å². The highest BCUT2D eigenvalue weighted by Crippen LogP contribution is 2.25. The monoisotopic (exact) mass is 404 g/mol. The lowest BCUT2D eigenvalue weighted by Crippen LogP contribution is -2.50. The van der Waals surface area contributed by atoms with Gasteiger partial charge in [0, 0.05) is 17.7 Å². The highest BCUT2D eigenvalue weighted by molar-refractivity contribution is 5.95. The summed E-state index contributed by atoms with van der Waals surface area (Å²) in [5, 5.41) is 5.06. The Morgan fingerprint density at radius 3 is 2.59 bits per heavy atom. The molecule has 1 heterocycles. The van der Waals surface area contributed by atoms with Crippen LogP contribution in [0, 0.1) is 0 Å². The van der Waals surface area contributed by atoms with Crippen LogP contribution in [0.5, 0.6) is 11.5 Å². The van der Waals surface area contributed by atoms with Crippen LogP contribution < -0.4 is 20.1 Å². The third-order valence-electron chi connectivity index (χ3n) is 4.06. The van der Waals surface area contributed by atoms with Gasteiger partial charge in [-0.25, -0.2) is 14.4 Å². The predicted molar refractivity (Wildman–Crippen MR) is 104 cm³/mol. The van der Waals surface area contributed by atoms with Gasteiger partial charge >= 0.3 is 18.0 Å². The quantitative estimate of drug-likeness (QED) is 0.502. The molecule has 0 radical (unpaired) electrons. The lowest BCUT2D eigenvalue weighted by molar-refractivity contribution is -0.140. The molecule has 1 aromatic rings. The lowest BCUT2D eigenvalue weighted by Gasteiger charge is -2.26. The number of amides is 2. The zero-order valence-corrected chi connectivity index (χ0v) is 16.7. The minimum Gasteiger partial charge on any atom is -0.497 e. The molecule has 2 amide bonds. The largest absolute Gasteiger partial charge is 0.497 e. The summed E-state index contributed by atoms with van der Waals surface area (Å²) in [6.07, 6.45) is 2.76. The van der Waals surface area contributed by atoms with E-state index in [1.165, 1.54) is 19.3 Å². The number of ether oxygens (including phenoxy) is 4. The predicted octanol–water partition coefficient (Wildman–Crippen LogP) is 1.78. The van der Waals surface area contributed by atoms with Gasteiger partial charge in [-0.3, -0.25) is 0 Å². The molecule has 29 heavy (non-hydrogen) atoms. The van der Waals surface area contributed by atoms with Crippen molar-refractivity contribution in [2.45, 2.75) is 19.9 Å². The molecule has 1 atom stereocenters. The van der Waals surface area contributed by atoms with Crippen molar-refractivity contribution in [2.24, 2.45) is 0 Å². The Bertz CT molecular complexity index is 845. The van der Waals surface area contributed by atoms with E-state index in [1.54, 1.807) is 39.2 Å². The smallest absolute Gasteiger partial charge is 0.338 e. The molecule has 0 bridgehead atoms. The molecule has 0 fully saturated rings. The van der Waals surface area contributed by atoms with Crippen molar-refractivity contribution < 1.29 is 33.3 Å². The Hall–Kier alpha value is -3.49. The molecule has 9 heteroatoms. The molecular weight excluding hydrogens is 380 g/mol. The first kappa shape index (κ1) is 21.8. The fourth-order valence-corrected chi connectivity index (χ4v) is 2.70. The van der Waals surface area contributed by atoms with Crippen molar-refractivity contribution in [2.75, 3.05) is 27.4 Å². The minimum atomic E-state index is -0.654. The number of rotatable bonds is 8. The van der Waals surface area contributed by atoms with Crippen LogP contribution in [0.25, 0.3) is 6.08 Å². The Kier molecular flexibility index (Phi) is 7.64. The first-order chi connectivity index (χ1) is 13.9. The lowest BCUT2D eigenvalue weighted by atomic mass is 10.0. The van der Waals surface area contributed by atoms with Crippen molar-refractivity contribution >= 4 is 24.0 Å². The molecule has 1 aliphatic rings. The molecule has 1 aromatic carbocycles. The fourth-order valence-electron chi connectivity index (χ4n) is 2.70. The van der Waals surface area contributed by atoms with Gasteiger partial charge in [0.05, 0.1) is 38.1 Å². The van der Waals surface area contributed by atoms with Gasteiger partial charge in [-0.05, 0) is 32.1 Å². The molecule has 0 spiro atoms. The van der Waals surface area contributed by atoms with E-state index in [0.29, 0.717) is 17.1 Å². The molecule has 156 valence electrons. The summed E-state index contributed by atoms with van der Waals surface area (Å²) in [5.74, 6) is -0.0907. The zero-order chi connectivity index (χ0) is 21.4. The summed E-state index contributed by atoms with van der Waals surface area (Å²) in [4.78, 5) is 36.0. The molecule has 2 rings (SSSR count). The standard InChI is InChI=1S/C20H24N2O7/c1-5-28-19(24)18-12(2)21-20(25)22-15(18)11-29-17(23)9-7-13-6-8-14(26-3)10-16(13)27-4/h6-10,12H,5,11H2,1-4H3,(H2,21,22,25)/b9-7+. The third-order valence-corrected chi connectivity index (χ3v) is 4.06. The summed E-state index contributed by atoms with van der Waals surface area (Å²) in [6, 6.07) is 4.09. The van der Waals surface area contributed by atoms with E-state index in [4.69, 9.17) is 18.9 Å². The Labute approximate surface area is 168 Å². The molecule has 1 aliphatic heterocycles. The van der Waals surface area contributed by atoms with E-state index >= 15 is 0 Å². The number of carbonyl (C=O) groups is 3. The Morgan fingerprint density at radius 1 is 1.17 bits per heavy atom. The van der Waals surface area contributed by atoms with Crippen LogP contribution in [0.1, 0.15) is 19.4 Å². The van der Waals surface area contributed by atoms with Crippen molar-refractivity contribution in [3.8, 4) is 11.5 Å². The van der Waals surface area contributed by atoms with E-state index in [1.807, 2.05) is 0 Å². The number of urea groups is 1. The average molecular weight is 404 g/mol. The molecule has 2 N–H and O–H groups in total. The summed E-state index contributed by atoms with van der Waals surface area (Å²) in [5.41, 5.74) is 1.05. The van der Waals surface area contributed by atoms with E-state index in [0.717, 1.165) is 0 Å². The summed E-state index contributed by atoms with van der Waals surface area (Å²) in [6.45, 7) is 3.22. The first-order valence-electron chi connectivity index (χ1n) is 8.94. The molecule has 1 unspecified atom stereocenters. The maximum Gasteiger partial charge on any atom is 0.338 e. The van der Waals surface area contributed by atoms with Crippen molar-refractivity contribution in [3.05, 3.63) is 41.1 Å². The fraction of sp³-hybridized carbons (Fsp3) is 0.350.